The second kappa shape index (κ2) is 8.43. The van der Waals surface area contributed by atoms with E-state index < -0.39 is 8.07 Å². The van der Waals surface area contributed by atoms with Crippen LogP contribution in [0.2, 0.25) is 12.1 Å². The van der Waals surface area contributed by atoms with E-state index in [0.717, 1.165) is 24.9 Å². The molecule has 0 radical (unpaired) electrons. The molecule has 0 aromatic heterocycles. The Hall–Kier alpha value is -1.42. The topological polar surface area (TPSA) is 40.5 Å². The normalized spacial score (nSPS) is 14.4. The fraction of sp³-hybridized carbons (Fsp3) is 0.400. The molecule has 0 aliphatic carbocycles. The first-order valence-corrected chi connectivity index (χ1v) is 10.9. The van der Waals surface area contributed by atoms with Gasteiger partial charge in [0, 0.05) is 0 Å². The average Bonchev–Trinajstić information content (AvgIpc) is 2.56. The molecule has 0 bridgehead atoms. The van der Waals surface area contributed by atoms with Gasteiger partial charge in [0.25, 0.3) is 0 Å². The predicted molar refractivity (Wildman–Crippen MR) is 100 cm³/mol. The molecule has 0 amide bonds. The summed E-state index contributed by atoms with van der Waals surface area (Å²) in [6.45, 7) is 3.73. The molecule has 0 aliphatic rings. The van der Waals surface area contributed by atoms with E-state index in [2.05, 4.69) is 60.7 Å². The molecule has 2 nitrogen and oxygen atoms in total. The van der Waals surface area contributed by atoms with Gasteiger partial charge < -0.3 is 10.2 Å². The van der Waals surface area contributed by atoms with Crippen LogP contribution in [0, 0.1) is 0 Å². The van der Waals surface area contributed by atoms with Crippen molar-refractivity contribution in [2.45, 2.75) is 51.0 Å². The number of rotatable bonds is 8. The number of benzene rings is 2. The third kappa shape index (κ3) is 4.77. The molecule has 0 spiro atoms. The van der Waals surface area contributed by atoms with Crippen molar-refractivity contribution in [2.24, 2.45) is 0 Å². The summed E-state index contributed by atoms with van der Waals surface area (Å²) in [6, 6.07) is 23.4. The van der Waals surface area contributed by atoms with Gasteiger partial charge in [0.05, 0.1) is 12.2 Å². The van der Waals surface area contributed by atoms with E-state index in [1.165, 1.54) is 10.4 Å². The van der Waals surface area contributed by atoms with Crippen LogP contribution in [0.1, 0.15) is 26.7 Å². The molecule has 0 fully saturated rings. The number of aliphatic hydroxyl groups is 2. The van der Waals surface area contributed by atoms with Crippen LogP contribution in [0.3, 0.4) is 0 Å². The lowest BCUT2D eigenvalue weighted by molar-refractivity contribution is 0.188. The van der Waals surface area contributed by atoms with Crippen LogP contribution in [0.25, 0.3) is 0 Å². The van der Waals surface area contributed by atoms with Crippen LogP contribution in [0.15, 0.2) is 60.7 Å². The molecule has 124 valence electrons. The van der Waals surface area contributed by atoms with Crippen LogP contribution in [0.4, 0.5) is 0 Å². The van der Waals surface area contributed by atoms with Crippen molar-refractivity contribution >= 4 is 18.4 Å². The largest absolute Gasteiger partial charge is 0.393 e. The summed E-state index contributed by atoms with van der Waals surface area (Å²) in [5, 5.41) is 22.5. The molecule has 2 atom stereocenters. The van der Waals surface area contributed by atoms with Crippen molar-refractivity contribution < 1.29 is 10.2 Å². The molecule has 0 aliphatic heterocycles. The summed E-state index contributed by atoms with van der Waals surface area (Å²) in [4.78, 5) is 0. The fourth-order valence-corrected chi connectivity index (χ4v) is 8.51. The quantitative estimate of drug-likeness (QED) is 0.732. The molecular formula is C20H28O2Si. The third-order valence-corrected chi connectivity index (χ3v) is 9.79. The van der Waals surface area contributed by atoms with E-state index in [1.54, 1.807) is 0 Å². The van der Waals surface area contributed by atoms with Gasteiger partial charge in [-0.2, -0.15) is 0 Å². The van der Waals surface area contributed by atoms with Crippen molar-refractivity contribution in [3.63, 3.8) is 0 Å². The second-order valence-corrected chi connectivity index (χ2v) is 10.9. The first-order valence-electron chi connectivity index (χ1n) is 8.52. The molecule has 0 heterocycles. The Labute approximate surface area is 140 Å². The summed E-state index contributed by atoms with van der Waals surface area (Å²) < 4.78 is 0. The lowest BCUT2D eigenvalue weighted by atomic mass is 10.3. The van der Waals surface area contributed by atoms with Gasteiger partial charge in [-0.25, -0.2) is 0 Å². The van der Waals surface area contributed by atoms with Gasteiger partial charge >= 0.3 is 0 Å². The Morgan fingerprint density at radius 3 is 1.35 bits per heavy atom. The summed E-state index contributed by atoms with van der Waals surface area (Å²) in [5.41, 5.74) is 0. The van der Waals surface area contributed by atoms with Crippen LogP contribution in [-0.4, -0.2) is 30.5 Å². The van der Waals surface area contributed by atoms with Gasteiger partial charge in [-0.1, -0.05) is 71.0 Å². The first kappa shape index (κ1) is 17.9. The minimum Gasteiger partial charge on any atom is -0.393 e. The molecule has 0 saturated carbocycles. The van der Waals surface area contributed by atoms with Crippen molar-refractivity contribution in [3.8, 4) is 0 Å². The van der Waals surface area contributed by atoms with Gasteiger partial charge in [-0.05, 0) is 38.8 Å². The zero-order valence-corrected chi connectivity index (χ0v) is 15.2. The minimum absolute atomic E-state index is 0.291. The first-order chi connectivity index (χ1) is 11.0. The molecule has 2 unspecified atom stereocenters. The van der Waals surface area contributed by atoms with Crippen molar-refractivity contribution in [2.75, 3.05) is 0 Å². The van der Waals surface area contributed by atoms with E-state index in [0.29, 0.717) is 0 Å². The maximum absolute atomic E-state index is 9.86. The molecular weight excluding hydrogens is 300 g/mol. The molecule has 3 heteroatoms. The molecule has 2 aromatic carbocycles. The van der Waals surface area contributed by atoms with Gasteiger partial charge in [0.2, 0.25) is 0 Å². The maximum atomic E-state index is 9.86. The summed E-state index contributed by atoms with van der Waals surface area (Å²) in [5.74, 6) is 0. The molecule has 2 N–H and O–H groups in total. The molecule has 2 rings (SSSR count). The summed E-state index contributed by atoms with van der Waals surface area (Å²) >= 11 is 0. The van der Waals surface area contributed by atoms with E-state index in [-0.39, 0.29) is 12.2 Å². The van der Waals surface area contributed by atoms with Crippen molar-refractivity contribution in [1.82, 2.24) is 0 Å². The van der Waals surface area contributed by atoms with E-state index in [4.69, 9.17) is 0 Å². The number of aliphatic hydroxyl groups excluding tert-OH is 2. The van der Waals surface area contributed by atoms with Gasteiger partial charge in [0.1, 0.15) is 8.07 Å². The van der Waals surface area contributed by atoms with Crippen molar-refractivity contribution in [3.05, 3.63) is 60.7 Å². The highest BCUT2D eigenvalue weighted by molar-refractivity contribution is 7.02. The van der Waals surface area contributed by atoms with Gasteiger partial charge in [0.15, 0.2) is 0 Å². The summed E-state index contributed by atoms with van der Waals surface area (Å²) in [7, 11) is -1.99. The highest BCUT2D eigenvalue weighted by Crippen LogP contribution is 2.22. The highest BCUT2D eigenvalue weighted by atomic mass is 28.3. The molecule has 23 heavy (non-hydrogen) atoms. The Bertz CT molecular complexity index is 513. The second-order valence-electron chi connectivity index (χ2n) is 6.59. The Morgan fingerprint density at radius 2 is 1.04 bits per heavy atom. The Balaban J connectivity index is 2.48. The Kier molecular flexibility index (Phi) is 6.57. The lowest BCUT2D eigenvalue weighted by Gasteiger charge is -2.34. The van der Waals surface area contributed by atoms with Crippen LogP contribution >= 0.6 is 0 Å². The lowest BCUT2D eigenvalue weighted by Crippen LogP contribution is -2.58. The fourth-order valence-electron chi connectivity index (χ4n) is 3.29. The van der Waals surface area contributed by atoms with E-state index in [9.17, 15) is 10.2 Å². The summed E-state index contributed by atoms with van der Waals surface area (Å²) in [6.07, 6.45) is 1.02. The van der Waals surface area contributed by atoms with Crippen molar-refractivity contribution in [1.29, 1.82) is 0 Å². The highest BCUT2D eigenvalue weighted by Gasteiger charge is 2.36. The van der Waals surface area contributed by atoms with Crippen LogP contribution < -0.4 is 10.4 Å². The standard InChI is InChI=1S/C20H28O2Si/c1-17(21)13-15-23(16-14-18(2)22,19-9-5-3-6-10-19)20-11-7-4-8-12-20/h3-12,17-18,21-22H,13-16H2,1-2H3. The Morgan fingerprint density at radius 1 is 0.696 bits per heavy atom. The smallest absolute Gasteiger partial charge is 0.118 e. The van der Waals surface area contributed by atoms with E-state index >= 15 is 0 Å². The van der Waals surface area contributed by atoms with E-state index in [1.807, 2.05) is 13.8 Å². The number of hydrogen-bond acceptors (Lipinski definition) is 2. The minimum atomic E-state index is -1.99. The zero-order chi connectivity index (χ0) is 16.7. The van der Waals surface area contributed by atoms with Gasteiger partial charge in [-0.15, -0.1) is 0 Å². The van der Waals surface area contributed by atoms with Crippen LogP contribution in [0.5, 0.6) is 0 Å². The average molecular weight is 329 g/mol. The zero-order valence-electron chi connectivity index (χ0n) is 14.2. The monoisotopic (exact) mass is 328 g/mol. The SMILES string of the molecule is CC(O)CC[Si](CCC(C)O)(c1ccccc1)c1ccccc1. The molecule has 0 saturated heterocycles. The van der Waals surface area contributed by atoms with Gasteiger partial charge in [-0.3, -0.25) is 0 Å². The third-order valence-electron chi connectivity index (χ3n) is 4.63. The molecule has 2 aromatic rings. The van der Waals surface area contributed by atoms with Crippen LogP contribution in [-0.2, 0) is 0 Å². The number of hydrogen-bond donors (Lipinski definition) is 2. The predicted octanol–water partition coefficient (Wildman–Crippen LogP) is 2.79. The maximum Gasteiger partial charge on any atom is 0.118 e.